The first-order chi connectivity index (χ1) is 8.99. The lowest BCUT2D eigenvalue weighted by Crippen LogP contribution is -2.26. The highest BCUT2D eigenvalue weighted by molar-refractivity contribution is 5.95. The Morgan fingerprint density at radius 1 is 1.42 bits per heavy atom. The summed E-state index contributed by atoms with van der Waals surface area (Å²) in [6, 6.07) is 2.59. The molecule has 1 aromatic rings. The number of likely N-dealkylation sites (N-methyl/N-ethyl adjacent to an activating group) is 1. The summed E-state index contributed by atoms with van der Waals surface area (Å²) in [7, 11) is 1.96. The average molecular weight is 269 g/mol. The molecule has 0 unspecified atom stereocenters. The molecule has 104 valence electrons. The van der Waals surface area contributed by atoms with Gasteiger partial charge >= 0.3 is 0 Å². The molecule has 1 saturated carbocycles. The minimum absolute atomic E-state index is 0.0115. The molecule has 0 atom stereocenters. The smallest absolute Gasteiger partial charge is 0.190 e. The number of benzene rings is 1. The largest absolute Gasteiger partial charge is 0.486 e. The van der Waals surface area contributed by atoms with Crippen LogP contribution in [0.2, 0.25) is 0 Å². The van der Waals surface area contributed by atoms with E-state index in [9.17, 15) is 8.78 Å². The van der Waals surface area contributed by atoms with Crippen molar-refractivity contribution < 1.29 is 13.5 Å². The van der Waals surface area contributed by atoms with E-state index in [2.05, 4.69) is 4.90 Å². The summed E-state index contributed by atoms with van der Waals surface area (Å²) < 4.78 is 32.4. The van der Waals surface area contributed by atoms with Crippen LogP contribution in [0.3, 0.4) is 0 Å². The molecule has 0 bridgehead atoms. The molecular weight excluding hydrogens is 252 g/mol. The second kappa shape index (κ2) is 5.52. The molecule has 19 heavy (non-hydrogen) atoms. The topological polar surface area (TPSA) is 62.3 Å². The molecule has 3 N–H and O–H groups in total. The maximum atomic E-state index is 13.6. The predicted octanol–water partition coefficient (Wildman–Crippen LogP) is 1.72. The van der Waals surface area contributed by atoms with Crippen molar-refractivity contribution >= 4 is 5.84 Å². The van der Waals surface area contributed by atoms with Crippen molar-refractivity contribution in [2.75, 3.05) is 20.2 Å². The second-order valence-electron chi connectivity index (χ2n) is 4.74. The molecule has 6 heteroatoms. The van der Waals surface area contributed by atoms with E-state index in [-0.39, 0.29) is 18.0 Å². The minimum atomic E-state index is -0.834. The van der Waals surface area contributed by atoms with Crippen LogP contribution in [0.15, 0.2) is 12.1 Å². The molecule has 1 fully saturated rings. The fourth-order valence-electron chi connectivity index (χ4n) is 1.84. The van der Waals surface area contributed by atoms with Crippen LogP contribution in [0.5, 0.6) is 5.75 Å². The van der Waals surface area contributed by atoms with E-state index in [0.717, 1.165) is 12.1 Å². The zero-order chi connectivity index (χ0) is 14.0. The number of ether oxygens (including phenoxy) is 1. The van der Waals surface area contributed by atoms with E-state index in [1.807, 2.05) is 7.05 Å². The summed E-state index contributed by atoms with van der Waals surface area (Å²) in [5.41, 5.74) is 5.20. The van der Waals surface area contributed by atoms with Crippen molar-refractivity contribution in [3.8, 4) is 5.75 Å². The Hall–Kier alpha value is -1.69. The van der Waals surface area contributed by atoms with Gasteiger partial charge in [0.2, 0.25) is 0 Å². The molecule has 0 aromatic heterocycles. The van der Waals surface area contributed by atoms with Crippen LogP contribution in [0.25, 0.3) is 0 Å². The standard InChI is InChI=1S/C13H17F2N3O/c1-18(9-2-3-9)4-5-19-12-10(14)6-8(13(16)17)7-11(12)15/h6-7,9H,2-5H2,1H3,(H3,16,17). The van der Waals surface area contributed by atoms with Gasteiger partial charge in [0.25, 0.3) is 0 Å². The number of nitrogens with one attached hydrogen (secondary N) is 1. The van der Waals surface area contributed by atoms with Gasteiger partial charge in [-0.3, -0.25) is 5.41 Å². The fraction of sp³-hybridized carbons (Fsp3) is 0.462. The van der Waals surface area contributed by atoms with Crippen LogP contribution in [-0.2, 0) is 0 Å². The fourth-order valence-corrected chi connectivity index (χ4v) is 1.84. The van der Waals surface area contributed by atoms with Gasteiger partial charge in [-0.05, 0) is 32.0 Å². The molecule has 1 aromatic carbocycles. The van der Waals surface area contributed by atoms with Crippen LogP contribution < -0.4 is 10.5 Å². The Labute approximate surface area is 110 Å². The van der Waals surface area contributed by atoms with E-state index >= 15 is 0 Å². The lowest BCUT2D eigenvalue weighted by molar-refractivity contribution is 0.219. The highest BCUT2D eigenvalue weighted by atomic mass is 19.1. The zero-order valence-electron chi connectivity index (χ0n) is 10.7. The van der Waals surface area contributed by atoms with E-state index in [4.69, 9.17) is 15.9 Å². The third kappa shape index (κ3) is 3.41. The van der Waals surface area contributed by atoms with Gasteiger partial charge in [-0.1, -0.05) is 0 Å². The highest BCUT2D eigenvalue weighted by Crippen LogP contribution is 2.26. The number of rotatable bonds is 6. The molecule has 0 amide bonds. The first kappa shape index (κ1) is 13.7. The number of hydrogen-bond donors (Lipinski definition) is 2. The molecule has 0 aliphatic heterocycles. The number of nitrogen functional groups attached to an aromatic ring is 1. The Balaban J connectivity index is 1.97. The van der Waals surface area contributed by atoms with Gasteiger partial charge in [0.15, 0.2) is 17.4 Å². The van der Waals surface area contributed by atoms with Gasteiger partial charge in [-0.25, -0.2) is 8.78 Å². The number of nitrogens with zero attached hydrogens (tertiary/aromatic N) is 1. The van der Waals surface area contributed by atoms with Crippen molar-refractivity contribution in [1.82, 2.24) is 4.90 Å². The maximum absolute atomic E-state index is 13.6. The predicted molar refractivity (Wildman–Crippen MR) is 68.5 cm³/mol. The van der Waals surface area contributed by atoms with Crippen LogP contribution in [0.4, 0.5) is 8.78 Å². The monoisotopic (exact) mass is 269 g/mol. The molecule has 0 saturated heterocycles. The van der Waals surface area contributed by atoms with Gasteiger partial charge in [-0.15, -0.1) is 0 Å². The lowest BCUT2D eigenvalue weighted by Gasteiger charge is -2.16. The molecule has 0 heterocycles. The number of hydrogen-bond acceptors (Lipinski definition) is 3. The Morgan fingerprint density at radius 2 is 2.00 bits per heavy atom. The van der Waals surface area contributed by atoms with Gasteiger partial charge < -0.3 is 15.4 Å². The summed E-state index contributed by atoms with van der Waals surface area (Å²) in [6.07, 6.45) is 2.35. The molecule has 0 spiro atoms. The van der Waals surface area contributed by atoms with Crippen molar-refractivity contribution in [2.45, 2.75) is 18.9 Å². The van der Waals surface area contributed by atoms with Crippen LogP contribution in [0.1, 0.15) is 18.4 Å². The molecule has 0 radical (unpaired) electrons. The van der Waals surface area contributed by atoms with Gasteiger partial charge in [0.05, 0.1) is 0 Å². The average Bonchev–Trinajstić information content (AvgIpc) is 3.15. The zero-order valence-corrected chi connectivity index (χ0v) is 10.7. The lowest BCUT2D eigenvalue weighted by atomic mass is 10.2. The third-order valence-corrected chi connectivity index (χ3v) is 3.17. The molecule has 1 aliphatic rings. The molecular formula is C13H17F2N3O. The van der Waals surface area contributed by atoms with Crippen molar-refractivity contribution in [1.29, 1.82) is 5.41 Å². The van der Waals surface area contributed by atoms with Gasteiger partial charge in [0, 0.05) is 18.2 Å². The van der Waals surface area contributed by atoms with Crippen LogP contribution >= 0.6 is 0 Å². The summed E-state index contributed by atoms with van der Waals surface area (Å²) in [6.45, 7) is 0.846. The maximum Gasteiger partial charge on any atom is 0.190 e. The van der Waals surface area contributed by atoms with Crippen molar-refractivity contribution in [3.63, 3.8) is 0 Å². The summed E-state index contributed by atoms with van der Waals surface area (Å²) >= 11 is 0. The third-order valence-electron chi connectivity index (χ3n) is 3.17. The first-order valence-corrected chi connectivity index (χ1v) is 6.15. The van der Waals surface area contributed by atoms with E-state index in [1.165, 1.54) is 12.8 Å². The van der Waals surface area contributed by atoms with E-state index < -0.39 is 17.4 Å². The summed E-state index contributed by atoms with van der Waals surface area (Å²) in [5, 5.41) is 7.14. The minimum Gasteiger partial charge on any atom is -0.486 e. The Kier molecular flexibility index (Phi) is 3.99. The number of nitrogens with two attached hydrogens (primary N) is 1. The molecule has 4 nitrogen and oxygen atoms in total. The normalized spacial score (nSPS) is 14.7. The SMILES string of the molecule is CN(CCOc1c(F)cc(C(=N)N)cc1F)C1CC1. The number of halogens is 2. The van der Waals surface area contributed by atoms with Crippen molar-refractivity contribution in [3.05, 3.63) is 29.3 Å². The first-order valence-electron chi connectivity index (χ1n) is 6.15. The Bertz CT molecular complexity index is 466. The molecule has 1 aliphatic carbocycles. The van der Waals surface area contributed by atoms with Gasteiger partial charge in [0.1, 0.15) is 12.4 Å². The van der Waals surface area contributed by atoms with Crippen molar-refractivity contribution in [2.24, 2.45) is 5.73 Å². The molecule has 2 rings (SSSR count). The van der Waals surface area contributed by atoms with E-state index in [0.29, 0.717) is 12.6 Å². The highest BCUT2D eigenvalue weighted by Gasteiger charge is 2.25. The van der Waals surface area contributed by atoms with E-state index in [1.54, 1.807) is 0 Å². The second-order valence-corrected chi connectivity index (χ2v) is 4.74. The summed E-state index contributed by atoms with van der Waals surface area (Å²) in [5.74, 6) is -2.45. The summed E-state index contributed by atoms with van der Waals surface area (Å²) in [4.78, 5) is 2.11. The Morgan fingerprint density at radius 3 is 2.47 bits per heavy atom. The number of amidine groups is 1. The quantitative estimate of drug-likeness (QED) is 0.610. The van der Waals surface area contributed by atoms with Crippen LogP contribution in [0, 0.1) is 17.0 Å². The van der Waals surface area contributed by atoms with Crippen LogP contribution in [-0.4, -0.2) is 37.0 Å². The van der Waals surface area contributed by atoms with Gasteiger partial charge in [-0.2, -0.15) is 0 Å².